The zero-order chi connectivity index (χ0) is 19.3. The van der Waals surface area contributed by atoms with Crippen molar-refractivity contribution < 1.29 is 23.3 Å². The molecule has 0 aromatic heterocycles. The van der Waals surface area contributed by atoms with Crippen molar-refractivity contribution in [3.05, 3.63) is 53.1 Å². The van der Waals surface area contributed by atoms with Crippen molar-refractivity contribution in [1.29, 1.82) is 0 Å². The predicted octanol–water partition coefficient (Wildman–Crippen LogP) is 3.27. The number of carbonyl (C=O) groups excluding carboxylic acids is 2. The number of hydrogen-bond acceptors (Lipinski definition) is 5. The molecule has 0 saturated carbocycles. The Morgan fingerprint density at radius 2 is 1.88 bits per heavy atom. The van der Waals surface area contributed by atoms with Gasteiger partial charge >= 0.3 is 5.97 Å². The van der Waals surface area contributed by atoms with Gasteiger partial charge in [-0.2, -0.15) is 0 Å². The fourth-order valence-corrected chi connectivity index (χ4v) is 3.14. The summed E-state index contributed by atoms with van der Waals surface area (Å²) < 4.78 is 22.0. The van der Waals surface area contributed by atoms with E-state index >= 15 is 0 Å². The molecule has 0 aliphatic carbocycles. The predicted molar refractivity (Wildman–Crippen MR) is 100 cm³/mol. The molecule has 8 heteroatoms. The second-order valence-electron chi connectivity index (χ2n) is 5.34. The first-order chi connectivity index (χ1) is 12.3. The van der Waals surface area contributed by atoms with Gasteiger partial charge in [-0.15, -0.1) is 0 Å². The number of methoxy groups -OCH3 is 1. The summed E-state index contributed by atoms with van der Waals surface area (Å²) in [5, 5.41) is 2.95. The van der Waals surface area contributed by atoms with Crippen molar-refractivity contribution in [2.75, 3.05) is 18.7 Å². The van der Waals surface area contributed by atoms with Crippen LogP contribution in [0.1, 0.15) is 17.3 Å². The average Bonchev–Trinajstić information content (AvgIpc) is 2.61. The Labute approximate surface area is 158 Å². The highest BCUT2D eigenvalue weighted by molar-refractivity contribution is 7.84. The number of rotatable bonds is 6. The summed E-state index contributed by atoms with van der Waals surface area (Å²) in [5.74, 6) is -0.755. The largest absolute Gasteiger partial charge is 0.495 e. The van der Waals surface area contributed by atoms with Crippen molar-refractivity contribution in [2.24, 2.45) is 0 Å². The molecule has 0 unspecified atom stereocenters. The third-order valence-corrected chi connectivity index (χ3v) is 4.76. The number of anilines is 1. The van der Waals surface area contributed by atoms with Crippen LogP contribution in [-0.2, 0) is 20.3 Å². The second kappa shape index (κ2) is 8.82. The Balaban J connectivity index is 2.06. The van der Waals surface area contributed by atoms with E-state index < -0.39 is 28.8 Å². The van der Waals surface area contributed by atoms with Gasteiger partial charge in [0, 0.05) is 11.9 Å². The van der Waals surface area contributed by atoms with E-state index in [2.05, 4.69) is 5.32 Å². The van der Waals surface area contributed by atoms with E-state index in [9.17, 15) is 13.8 Å². The first kappa shape index (κ1) is 19.9. The number of nitrogens with one attached hydrogen (secondary N) is 1. The Morgan fingerprint density at radius 3 is 2.50 bits per heavy atom. The molecule has 2 atom stereocenters. The molecular weight excluding hydrogens is 378 g/mol. The molecule has 0 aliphatic rings. The van der Waals surface area contributed by atoms with Crippen molar-refractivity contribution in [3.63, 3.8) is 0 Å². The fraction of sp³-hybridized carbons (Fsp3) is 0.222. The molecule has 1 N–H and O–H groups in total. The third-order valence-electron chi connectivity index (χ3n) is 3.49. The lowest BCUT2D eigenvalue weighted by Gasteiger charge is -2.15. The number of benzene rings is 2. The Kier molecular flexibility index (Phi) is 6.76. The van der Waals surface area contributed by atoms with E-state index in [4.69, 9.17) is 21.1 Å². The topological polar surface area (TPSA) is 81.7 Å². The zero-order valence-electron chi connectivity index (χ0n) is 14.4. The van der Waals surface area contributed by atoms with E-state index in [1.165, 1.54) is 32.4 Å². The first-order valence-corrected chi connectivity index (χ1v) is 9.55. The van der Waals surface area contributed by atoms with Gasteiger partial charge in [0.15, 0.2) is 6.10 Å². The molecule has 2 aromatic rings. The number of ether oxygens (including phenoxy) is 2. The Morgan fingerprint density at radius 1 is 1.19 bits per heavy atom. The lowest BCUT2D eigenvalue weighted by atomic mass is 10.2. The lowest BCUT2D eigenvalue weighted by Crippen LogP contribution is -2.30. The van der Waals surface area contributed by atoms with Crippen molar-refractivity contribution >= 4 is 40.0 Å². The minimum atomic E-state index is -1.35. The first-order valence-electron chi connectivity index (χ1n) is 7.61. The SMILES string of the molecule is COc1ccc(NC(=O)[C@@H](C)OC(=O)c2ccccc2[S@@](C)=O)cc1Cl. The van der Waals surface area contributed by atoms with Crippen LogP contribution in [0.25, 0.3) is 0 Å². The van der Waals surface area contributed by atoms with Gasteiger partial charge < -0.3 is 14.8 Å². The van der Waals surface area contributed by atoms with Gasteiger partial charge in [-0.3, -0.25) is 9.00 Å². The summed E-state index contributed by atoms with van der Waals surface area (Å²) in [7, 11) is 0.136. The van der Waals surface area contributed by atoms with Crippen molar-refractivity contribution in [3.8, 4) is 5.75 Å². The summed E-state index contributed by atoms with van der Waals surface area (Å²) >= 11 is 6.01. The minimum absolute atomic E-state index is 0.167. The maximum atomic E-state index is 12.3. The normalized spacial score (nSPS) is 12.8. The molecule has 0 heterocycles. The van der Waals surface area contributed by atoms with E-state index in [1.54, 1.807) is 30.3 Å². The zero-order valence-corrected chi connectivity index (χ0v) is 16.0. The highest BCUT2D eigenvalue weighted by atomic mass is 35.5. The van der Waals surface area contributed by atoms with Crippen LogP contribution < -0.4 is 10.1 Å². The quantitative estimate of drug-likeness (QED) is 0.759. The number of halogens is 1. The molecule has 138 valence electrons. The van der Waals surface area contributed by atoms with Gasteiger partial charge in [0.05, 0.1) is 33.4 Å². The van der Waals surface area contributed by atoms with E-state index in [-0.39, 0.29) is 5.56 Å². The standard InChI is InChI=1S/C18H18ClNO5S/c1-11(17(21)20-12-8-9-15(24-2)14(19)10-12)25-18(22)13-6-4-5-7-16(13)26(3)23/h4-11H,1-3H3,(H,20,21)/t11-,26-/m1/s1. The van der Waals surface area contributed by atoms with Gasteiger partial charge in [-0.25, -0.2) is 4.79 Å². The molecule has 0 aliphatic heterocycles. The molecule has 2 rings (SSSR count). The highest BCUT2D eigenvalue weighted by Crippen LogP contribution is 2.27. The molecule has 2 aromatic carbocycles. The third kappa shape index (κ3) is 4.83. The van der Waals surface area contributed by atoms with Gasteiger partial charge in [-0.1, -0.05) is 23.7 Å². The maximum absolute atomic E-state index is 12.3. The minimum Gasteiger partial charge on any atom is -0.495 e. The molecule has 0 fully saturated rings. The molecular formula is C18H18ClNO5S. The van der Waals surface area contributed by atoms with Gasteiger partial charge in [0.1, 0.15) is 5.75 Å². The fourth-order valence-electron chi connectivity index (χ4n) is 2.15. The molecule has 0 bridgehead atoms. The van der Waals surface area contributed by atoms with Crippen molar-refractivity contribution in [1.82, 2.24) is 0 Å². The molecule has 0 radical (unpaired) electrons. The van der Waals surface area contributed by atoms with Crippen LogP contribution in [0.3, 0.4) is 0 Å². The summed E-state index contributed by atoms with van der Waals surface area (Å²) in [6.45, 7) is 1.45. The summed E-state index contributed by atoms with van der Waals surface area (Å²) in [4.78, 5) is 24.9. The van der Waals surface area contributed by atoms with Gasteiger partial charge in [0.2, 0.25) is 0 Å². The number of carbonyl (C=O) groups is 2. The molecule has 0 spiro atoms. The monoisotopic (exact) mass is 395 g/mol. The van der Waals surface area contributed by atoms with Crippen LogP contribution in [0.2, 0.25) is 5.02 Å². The van der Waals surface area contributed by atoms with Crippen LogP contribution >= 0.6 is 11.6 Å². The van der Waals surface area contributed by atoms with Crippen LogP contribution in [0.4, 0.5) is 5.69 Å². The number of amides is 1. The van der Waals surface area contributed by atoms with Crippen LogP contribution in [-0.4, -0.2) is 35.6 Å². The smallest absolute Gasteiger partial charge is 0.340 e. The maximum Gasteiger partial charge on any atom is 0.340 e. The highest BCUT2D eigenvalue weighted by Gasteiger charge is 2.22. The Bertz CT molecular complexity index is 855. The summed E-state index contributed by atoms with van der Waals surface area (Å²) in [5.41, 5.74) is 0.610. The Hall–Kier alpha value is -2.38. The van der Waals surface area contributed by atoms with Gasteiger partial charge in [0.25, 0.3) is 5.91 Å². The number of esters is 1. The van der Waals surface area contributed by atoms with Crippen LogP contribution in [0.5, 0.6) is 5.75 Å². The van der Waals surface area contributed by atoms with Crippen LogP contribution in [0.15, 0.2) is 47.4 Å². The average molecular weight is 396 g/mol. The molecule has 0 saturated heterocycles. The molecule has 1 amide bonds. The number of hydrogen-bond donors (Lipinski definition) is 1. The van der Waals surface area contributed by atoms with Crippen molar-refractivity contribution in [2.45, 2.75) is 17.9 Å². The summed E-state index contributed by atoms with van der Waals surface area (Å²) in [6.07, 6.45) is 0.414. The van der Waals surface area contributed by atoms with E-state index in [0.29, 0.717) is 21.4 Å². The van der Waals surface area contributed by atoms with E-state index in [0.717, 1.165) is 0 Å². The lowest BCUT2D eigenvalue weighted by molar-refractivity contribution is -0.123. The van der Waals surface area contributed by atoms with Crippen LogP contribution in [0, 0.1) is 0 Å². The molecule has 6 nitrogen and oxygen atoms in total. The molecule has 26 heavy (non-hydrogen) atoms. The summed E-state index contributed by atoms with van der Waals surface area (Å²) in [6, 6.07) is 11.2. The van der Waals surface area contributed by atoms with E-state index in [1.807, 2.05) is 0 Å². The second-order valence-corrected chi connectivity index (χ2v) is 7.09. The van der Waals surface area contributed by atoms with Gasteiger partial charge in [-0.05, 0) is 37.3 Å².